The van der Waals surface area contributed by atoms with Gasteiger partial charge in [0.2, 0.25) is 10.0 Å². The van der Waals surface area contributed by atoms with Crippen LogP contribution in [0.1, 0.15) is 19.3 Å². The molecular formula is C7H10N2O2S. The van der Waals surface area contributed by atoms with Gasteiger partial charge in [0.05, 0.1) is 0 Å². The van der Waals surface area contributed by atoms with Crippen molar-refractivity contribution >= 4 is 10.0 Å². The van der Waals surface area contributed by atoms with Crippen molar-refractivity contribution in [3.63, 3.8) is 0 Å². The predicted molar refractivity (Wildman–Crippen MR) is 43.6 cm³/mol. The first-order valence-corrected chi connectivity index (χ1v) is 5.59. The van der Waals surface area contributed by atoms with E-state index in [9.17, 15) is 8.42 Å². The van der Waals surface area contributed by atoms with Crippen LogP contribution in [0.4, 0.5) is 0 Å². The van der Waals surface area contributed by atoms with Gasteiger partial charge in [-0.2, -0.15) is 0 Å². The number of sulfonamides is 1. The summed E-state index contributed by atoms with van der Waals surface area (Å²) in [5.74, 6) is 0. The highest BCUT2D eigenvalue weighted by Crippen LogP contribution is 2.57. The van der Waals surface area contributed by atoms with E-state index in [1.165, 1.54) is 0 Å². The van der Waals surface area contributed by atoms with E-state index in [-0.39, 0.29) is 0 Å². The maximum atomic E-state index is 11.3. The third-order valence-electron chi connectivity index (χ3n) is 3.33. The van der Waals surface area contributed by atoms with Crippen LogP contribution in [0, 0.1) is 0 Å². The molecule has 1 heterocycles. The fraction of sp³-hybridized carbons (Fsp3) is 0.714. The largest absolute Gasteiger partial charge is 0.385 e. The normalized spacial score (nSPS) is 42.9. The maximum Gasteiger partial charge on any atom is 0.219 e. The van der Waals surface area contributed by atoms with Gasteiger partial charge in [-0.25, -0.2) is 13.6 Å². The second kappa shape index (κ2) is 1.56. The van der Waals surface area contributed by atoms with Gasteiger partial charge in [0.15, 0.2) is 0 Å². The average Bonchev–Trinajstić information content (AvgIpc) is 2.39. The van der Waals surface area contributed by atoms with Crippen LogP contribution in [-0.4, -0.2) is 19.2 Å². The average molecular weight is 186 g/mol. The van der Waals surface area contributed by atoms with Gasteiger partial charge in [-0.15, -0.1) is 0 Å². The van der Waals surface area contributed by atoms with Crippen LogP contribution in [0.5, 0.6) is 0 Å². The summed E-state index contributed by atoms with van der Waals surface area (Å²) in [7, 11) is -3.36. The third kappa shape index (κ3) is 0.508. The van der Waals surface area contributed by atoms with Gasteiger partial charge in [-0.3, -0.25) is 0 Å². The van der Waals surface area contributed by atoms with Gasteiger partial charge >= 0.3 is 0 Å². The Kier molecular flexibility index (Phi) is 0.899. The molecule has 0 amide bonds. The summed E-state index contributed by atoms with van der Waals surface area (Å²) in [6, 6.07) is 0.349. The highest BCUT2D eigenvalue weighted by Gasteiger charge is 2.62. The summed E-state index contributed by atoms with van der Waals surface area (Å²) in [6.45, 7) is 0. The summed E-state index contributed by atoms with van der Waals surface area (Å²) in [6.07, 6.45) is 2.20. The first-order chi connectivity index (χ1) is 5.53. The predicted octanol–water partition coefficient (Wildman–Crippen LogP) is -0.563. The van der Waals surface area contributed by atoms with Crippen LogP contribution in [0.2, 0.25) is 0 Å². The Morgan fingerprint density at radius 1 is 1.58 bits per heavy atom. The minimum Gasteiger partial charge on any atom is -0.385 e. The molecule has 3 N–H and O–H groups in total. The lowest BCUT2D eigenvalue weighted by Crippen LogP contribution is -2.54. The zero-order valence-corrected chi connectivity index (χ0v) is 7.32. The fourth-order valence-corrected chi connectivity index (χ4v) is 4.09. The number of primary sulfonamides is 1. The topological polar surface area (TPSA) is 72.2 Å². The van der Waals surface area contributed by atoms with Crippen molar-refractivity contribution in [3.8, 4) is 0 Å². The second-order valence-electron chi connectivity index (χ2n) is 3.92. The lowest BCUT2D eigenvalue weighted by molar-refractivity contribution is 0.422. The molecule has 0 radical (unpaired) electrons. The van der Waals surface area contributed by atoms with Crippen LogP contribution in [0.3, 0.4) is 0 Å². The molecule has 4 nitrogen and oxygen atoms in total. The van der Waals surface area contributed by atoms with Crippen LogP contribution in [-0.2, 0) is 10.0 Å². The van der Waals surface area contributed by atoms with Gasteiger partial charge < -0.3 is 5.32 Å². The van der Waals surface area contributed by atoms with Gasteiger partial charge in [0.25, 0.3) is 0 Å². The SMILES string of the molecule is NS(=O)(=O)[C@@]12CC3=C1CC(C2)N3. The van der Waals surface area contributed by atoms with E-state index in [1.807, 2.05) is 0 Å². The first-order valence-electron chi connectivity index (χ1n) is 4.04. The molecule has 0 saturated heterocycles. The molecule has 2 bridgehead atoms. The molecule has 2 atom stereocenters. The van der Waals surface area contributed by atoms with Crippen molar-refractivity contribution in [1.29, 1.82) is 0 Å². The Labute approximate surface area is 70.9 Å². The lowest BCUT2D eigenvalue weighted by atomic mass is 9.82. The zero-order chi connectivity index (χ0) is 8.56. The van der Waals surface area contributed by atoms with E-state index in [1.54, 1.807) is 0 Å². The Hall–Kier alpha value is -0.550. The summed E-state index contributed by atoms with van der Waals surface area (Å²) in [5.41, 5.74) is 2.20. The van der Waals surface area contributed by atoms with Crippen LogP contribution >= 0.6 is 0 Å². The molecule has 1 unspecified atom stereocenters. The molecule has 1 saturated carbocycles. The number of hydrogen-bond acceptors (Lipinski definition) is 3. The number of rotatable bonds is 1. The van der Waals surface area contributed by atoms with Gasteiger partial charge in [0.1, 0.15) is 4.75 Å². The highest BCUT2D eigenvalue weighted by molar-refractivity contribution is 7.90. The first kappa shape index (κ1) is 6.91. The van der Waals surface area contributed by atoms with Crippen molar-refractivity contribution in [2.75, 3.05) is 0 Å². The number of fused-ring (bicyclic) bond motifs is 1. The Morgan fingerprint density at radius 3 is 2.67 bits per heavy atom. The molecule has 1 fully saturated rings. The molecule has 3 rings (SSSR count). The smallest absolute Gasteiger partial charge is 0.219 e. The van der Waals surface area contributed by atoms with E-state index in [0.29, 0.717) is 18.9 Å². The number of nitrogens with two attached hydrogens (primary N) is 1. The zero-order valence-electron chi connectivity index (χ0n) is 6.50. The molecule has 0 aromatic heterocycles. The van der Waals surface area contributed by atoms with E-state index < -0.39 is 14.8 Å². The molecule has 0 aromatic carbocycles. The van der Waals surface area contributed by atoms with E-state index in [0.717, 1.165) is 17.7 Å². The number of nitrogens with one attached hydrogen (secondary N) is 1. The standard InChI is InChI=1S/C7H10N2O2S/c8-12(10,11)7-2-4-1-5(7)6(3-7)9-4/h4,9H,1-3H2,(H2,8,10,11)/t4?,7-/m0/s1. The molecule has 1 aliphatic heterocycles. The van der Waals surface area contributed by atoms with Crippen LogP contribution in [0.15, 0.2) is 11.3 Å². The van der Waals surface area contributed by atoms with Gasteiger partial charge in [-0.05, 0) is 18.4 Å². The highest BCUT2D eigenvalue weighted by atomic mass is 32.2. The van der Waals surface area contributed by atoms with Crippen LogP contribution in [0.25, 0.3) is 0 Å². The minimum absolute atomic E-state index is 0.349. The molecule has 3 aliphatic rings. The number of allylic oxidation sites excluding steroid dienone is 1. The second-order valence-corrected chi connectivity index (χ2v) is 5.79. The Morgan fingerprint density at radius 2 is 2.33 bits per heavy atom. The Balaban J connectivity index is 2.20. The van der Waals surface area contributed by atoms with Gasteiger partial charge in [-0.1, -0.05) is 0 Å². The molecule has 0 spiro atoms. The molecule has 12 heavy (non-hydrogen) atoms. The quantitative estimate of drug-likeness (QED) is 0.576. The van der Waals surface area contributed by atoms with Crippen molar-refractivity contribution in [2.24, 2.45) is 5.14 Å². The van der Waals surface area contributed by atoms with E-state index >= 15 is 0 Å². The maximum absolute atomic E-state index is 11.3. The number of piperidine rings is 1. The minimum atomic E-state index is -3.36. The monoisotopic (exact) mass is 186 g/mol. The Bertz CT molecular complexity index is 398. The molecule has 2 aliphatic carbocycles. The fourth-order valence-electron chi connectivity index (χ4n) is 2.76. The van der Waals surface area contributed by atoms with Crippen LogP contribution < -0.4 is 10.5 Å². The number of hydrogen-bond donors (Lipinski definition) is 2. The third-order valence-corrected chi connectivity index (χ3v) is 4.97. The lowest BCUT2D eigenvalue weighted by Gasteiger charge is -2.42. The molecule has 0 aromatic rings. The van der Waals surface area contributed by atoms with Crippen molar-refractivity contribution in [2.45, 2.75) is 30.1 Å². The van der Waals surface area contributed by atoms with Gasteiger partial charge in [0, 0.05) is 18.2 Å². The molecule has 66 valence electrons. The molecular weight excluding hydrogens is 176 g/mol. The van der Waals surface area contributed by atoms with E-state index in [4.69, 9.17) is 5.14 Å². The van der Waals surface area contributed by atoms with Crippen molar-refractivity contribution < 1.29 is 8.42 Å². The van der Waals surface area contributed by atoms with Crippen molar-refractivity contribution in [1.82, 2.24) is 5.32 Å². The summed E-state index contributed by atoms with van der Waals surface area (Å²) in [4.78, 5) is 0. The van der Waals surface area contributed by atoms with Crippen molar-refractivity contribution in [3.05, 3.63) is 11.3 Å². The summed E-state index contributed by atoms with van der Waals surface area (Å²) in [5, 5.41) is 8.49. The van der Waals surface area contributed by atoms with E-state index in [2.05, 4.69) is 5.32 Å². The molecule has 5 heteroatoms. The summed E-state index contributed by atoms with van der Waals surface area (Å²) < 4.78 is 22.0. The summed E-state index contributed by atoms with van der Waals surface area (Å²) >= 11 is 0.